The van der Waals surface area contributed by atoms with Crippen molar-refractivity contribution in [2.45, 2.75) is 94.5 Å². The van der Waals surface area contributed by atoms with E-state index in [4.69, 9.17) is 16.3 Å². The number of amides is 3. The van der Waals surface area contributed by atoms with Crippen molar-refractivity contribution in [2.75, 3.05) is 5.32 Å². The zero-order valence-corrected chi connectivity index (χ0v) is 22.1. The van der Waals surface area contributed by atoms with Gasteiger partial charge < -0.3 is 20.3 Å². The van der Waals surface area contributed by atoms with Gasteiger partial charge in [-0.2, -0.15) is 0 Å². The van der Waals surface area contributed by atoms with E-state index in [-0.39, 0.29) is 29.8 Å². The first kappa shape index (κ1) is 24.9. The van der Waals surface area contributed by atoms with Gasteiger partial charge in [0, 0.05) is 22.8 Å². The van der Waals surface area contributed by atoms with Gasteiger partial charge in [-0.25, -0.2) is 0 Å². The minimum Gasteiger partial charge on any atom is -0.359 e. The smallest absolute Gasteiger partial charge is 0.246 e. The zero-order valence-electron chi connectivity index (χ0n) is 21.3. The molecular formula is C29H36ClN3O4. The van der Waals surface area contributed by atoms with E-state index in [1.54, 1.807) is 24.3 Å². The molecule has 2 N–H and O–H groups in total. The molecule has 7 nitrogen and oxygen atoms in total. The topological polar surface area (TPSA) is 87.7 Å². The number of nitrogens with zero attached hydrogens (tertiary/aromatic N) is 1. The average molecular weight is 526 g/mol. The van der Waals surface area contributed by atoms with Gasteiger partial charge in [-0.15, -0.1) is 0 Å². The molecule has 3 amide bonds. The number of anilines is 1. The maximum absolute atomic E-state index is 14.2. The third-order valence-corrected chi connectivity index (χ3v) is 9.56. The summed E-state index contributed by atoms with van der Waals surface area (Å²) in [6, 6.07) is 6.29. The van der Waals surface area contributed by atoms with Gasteiger partial charge in [0.1, 0.15) is 11.6 Å². The molecular weight excluding hydrogens is 490 g/mol. The van der Waals surface area contributed by atoms with Gasteiger partial charge in [-0.05, 0) is 68.7 Å². The number of benzene rings is 1. The lowest BCUT2D eigenvalue weighted by molar-refractivity contribution is -0.145. The van der Waals surface area contributed by atoms with Crippen molar-refractivity contribution < 1.29 is 19.1 Å². The predicted molar refractivity (Wildman–Crippen MR) is 141 cm³/mol. The summed E-state index contributed by atoms with van der Waals surface area (Å²) in [6.07, 6.45) is 12.4. The first-order valence-corrected chi connectivity index (χ1v) is 14.3. The lowest BCUT2D eigenvalue weighted by Gasteiger charge is -2.40. The minimum atomic E-state index is -1.11. The van der Waals surface area contributed by atoms with Crippen LogP contribution in [-0.4, -0.2) is 52.5 Å². The number of hydrogen-bond acceptors (Lipinski definition) is 4. The highest BCUT2D eigenvalue weighted by Crippen LogP contribution is 2.56. The molecule has 1 spiro atoms. The summed E-state index contributed by atoms with van der Waals surface area (Å²) >= 11 is 6.00. The predicted octanol–water partition coefficient (Wildman–Crippen LogP) is 4.46. The van der Waals surface area contributed by atoms with Gasteiger partial charge in [-0.1, -0.05) is 49.9 Å². The highest BCUT2D eigenvalue weighted by atomic mass is 35.5. The van der Waals surface area contributed by atoms with Crippen molar-refractivity contribution in [3.63, 3.8) is 0 Å². The summed E-state index contributed by atoms with van der Waals surface area (Å²) < 4.78 is 6.49. The first-order valence-electron chi connectivity index (χ1n) is 13.9. The first-order chi connectivity index (χ1) is 17.9. The summed E-state index contributed by atoms with van der Waals surface area (Å²) in [5.41, 5.74) is -0.490. The SMILES string of the molecule is CC1CCC(N2C(=O)[C@@H]3[C@@H](C(=O)Nc4ccc(Cl)cc4)[C@@H]4C=C[C@@]3(O4)[C@@H]2C(=O)NC2CCCCC2)CC1. The van der Waals surface area contributed by atoms with E-state index in [0.29, 0.717) is 16.6 Å². The Kier molecular flexibility index (Phi) is 6.56. The average Bonchev–Trinajstić information content (AvgIpc) is 3.54. The summed E-state index contributed by atoms with van der Waals surface area (Å²) in [5.74, 6) is -1.30. The molecule has 37 heavy (non-hydrogen) atoms. The summed E-state index contributed by atoms with van der Waals surface area (Å²) in [5, 5.41) is 6.81. The number of halogens is 1. The van der Waals surface area contributed by atoms with Crippen molar-refractivity contribution >= 4 is 35.0 Å². The molecule has 3 heterocycles. The second-order valence-corrected chi connectivity index (χ2v) is 12.1. The van der Waals surface area contributed by atoms with E-state index in [1.165, 1.54) is 6.42 Å². The highest BCUT2D eigenvalue weighted by Gasteiger charge is 2.73. The number of fused-ring (bicyclic) bond motifs is 1. The summed E-state index contributed by atoms with van der Waals surface area (Å²) in [4.78, 5) is 43.6. The molecule has 0 unspecified atom stereocenters. The molecule has 0 aromatic heterocycles. The van der Waals surface area contributed by atoms with E-state index in [1.807, 2.05) is 17.1 Å². The Morgan fingerprint density at radius 1 is 1.00 bits per heavy atom. The van der Waals surface area contributed by atoms with Crippen LogP contribution >= 0.6 is 11.6 Å². The number of rotatable bonds is 5. The third kappa shape index (κ3) is 4.28. The monoisotopic (exact) mass is 525 g/mol. The van der Waals surface area contributed by atoms with E-state index >= 15 is 0 Å². The van der Waals surface area contributed by atoms with E-state index < -0.39 is 29.6 Å². The molecule has 3 aliphatic heterocycles. The molecule has 4 fully saturated rings. The molecule has 5 atom stereocenters. The van der Waals surface area contributed by atoms with Crippen LogP contribution < -0.4 is 10.6 Å². The zero-order chi connectivity index (χ0) is 25.7. The van der Waals surface area contributed by atoms with E-state index in [2.05, 4.69) is 17.6 Å². The number of carbonyl (C=O) groups is 3. The van der Waals surface area contributed by atoms with Crippen molar-refractivity contribution in [1.82, 2.24) is 10.2 Å². The Balaban J connectivity index is 1.31. The Bertz CT molecular complexity index is 1090. The molecule has 1 aromatic carbocycles. The van der Waals surface area contributed by atoms with Crippen molar-refractivity contribution in [3.8, 4) is 0 Å². The van der Waals surface area contributed by atoms with Gasteiger partial charge in [0.05, 0.1) is 17.9 Å². The number of hydrogen-bond donors (Lipinski definition) is 2. The molecule has 198 valence electrons. The Labute approximate surface area is 223 Å². The molecule has 2 aliphatic carbocycles. The molecule has 8 heteroatoms. The van der Waals surface area contributed by atoms with Gasteiger partial charge >= 0.3 is 0 Å². The molecule has 5 aliphatic rings. The Morgan fingerprint density at radius 2 is 1.70 bits per heavy atom. The van der Waals surface area contributed by atoms with Crippen LogP contribution in [0.2, 0.25) is 5.02 Å². The van der Waals surface area contributed by atoms with Crippen molar-refractivity contribution in [1.29, 1.82) is 0 Å². The highest BCUT2D eigenvalue weighted by molar-refractivity contribution is 6.30. The summed E-state index contributed by atoms with van der Waals surface area (Å²) in [7, 11) is 0. The molecule has 6 rings (SSSR count). The largest absolute Gasteiger partial charge is 0.359 e. The van der Waals surface area contributed by atoms with Gasteiger partial charge in [0.25, 0.3) is 0 Å². The van der Waals surface area contributed by atoms with Crippen molar-refractivity contribution in [2.24, 2.45) is 17.8 Å². The fourth-order valence-electron chi connectivity index (χ4n) is 7.41. The van der Waals surface area contributed by atoms with Crippen LogP contribution in [0.5, 0.6) is 0 Å². The molecule has 2 saturated heterocycles. The summed E-state index contributed by atoms with van der Waals surface area (Å²) in [6.45, 7) is 2.24. The molecule has 1 aromatic rings. The van der Waals surface area contributed by atoms with Crippen LogP contribution in [0.4, 0.5) is 5.69 Å². The molecule has 2 bridgehead atoms. The number of ether oxygens (including phenoxy) is 1. The van der Waals surface area contributed by atoms with Gasteiger partial charge in [0.15, 0.2) is 0 Å². The lowest BCUT2D eigenvalue weighted by atomic mass is 9.74. The normalized spacial score (nSPS) is 37.0. The van der Waals surface area contributed by atoms with E-state index in [0.717, 1.165) is 51.4 Å². The second-order valence-electron chi connectivity index (χ2n) is 11.7. The quantitative estimate of drug-likeness (QED) is 0.556. The number of nitrogens with one attached hydrogen (secondary N) is 2. The molecule has 0 radical (unpaired) electrons. The molecule has 2 saturated carbocycles. The number of carbonyl (C=O) groups excluding carboxylic acids is 3. The fourth-order valence-corrected chi connectivity index (χ4v) is 7.53. The van der Waals surface area contributed by atoms with E-state index in [9.17, 15) is 14.4 Å². The van der Waals surface area contributed by atoms with Gasteiger partial charge in [0.2, 0.25) is 17.7 Å². The third-order valence-electron chi connectivity index (χ3n) is 9.31. The minimum absolute atomic E-state index is 0.0122. The van der Waals surface area contributed by atoms with Crippen LogP contribution in [-0.2, 0) is 19.1 Å². The van der Waals surface area contributed by atoms with Crippen LogP contribution in [0, 0.1) is 17.8 Å². The second kappa shape index (κ2) is 9.73. The van der Waals surface area contributed by atoms with Crippen molar-refractivity contribution in [3.05, 3.63) is 41.4 Å². The Morgan fingerprint density at radius 3 is 2.41 bits per heavy atom. The maximum Gasteiger partial charge on any atom is 0.246 e. The number of likely N-dealkylation sites (tertiary alicyclic amines) is 1. The standard InChI is InChI=1S/C29H36ClN3O4/c1-17-7-13-21(14-8-17)33-25(27(35)32-19-5-3-2-4-6-19)29-16-15-22(37-29)23(24(29)28(33)36)26(34)31-20-11-9-18(30)10-12-20/h9-12,15-17,19,21-25H,2-8,13-14H2,1H3,(H,31,34)(H,32,35)/t17?,21?,22-,23-,24-,25-,29-/m0/s1. The van der Waals surface area contributed by atoms with Crippen LogP contribution in [0.15, 0.2) is 36.4 Å². The van der Waals surface area contributed by atoms with Crippen LogP contribution in [0.25, 0.3) is 0 Å². The fraction of sp³-hybridized carbons (Fsp3) is 0.621. The lowest BCUT2D eigenvalue weighted by Crippen LogP contribution is -2.58. The Hall–Kier alpha value is -2.38. The van der Waals surface area contributed by atoms with Crippen LogP contribution in [0.3, 0.4) is 0 Å². The maximum atomic E-state index is 14.2. The van der Waals surface area contributed by atoms with Gasteiger partial charge in [-0.3, -0.25) is 14.4 Å². The van der Waals surface area contributed by atoms with Crippen LogP contribution in [0.1, 0.15) is 64.7 Å².